The van der Waals surface area contributed by atoms with Gasteiger partial charge in [-0.15, -0.1) is 21.8 Å². The van der Waals surface area contributed by atoms with Gasteiger partial charge < -0.3 is 11.1 Å². The molecule has 0 bridgehead atoms. The van der Waals surface area contributed by atoms with Crippen molar-refractivity contribution in [1.29, 1.82) is 0 Å². The highest BCUT2D eigenvalue weighted by atomic mass is 35.5. The number of nitrogens with two attached hydrogens (primary N) is 1. The number of halogens is 1. The predicted molar refractivity (Wildman–Crippen MR) is 202 cm³/mol. The average Bonchev–Trinajstić information content (AvgIpc) is 3.11. The molecule has 54 heavy (non-hydrogen) atoms. The normalized spacial score (nSPS) is 13.2. The van der Waals surface area contributed by atoms with Crippen LogP contribution in [0.15, 0.2) is 133 Å². The Balaban J connectivity index is 1.62. The molecule has 0 aliphatic heterocycles. The molecule has 5 N–H and O–H groups in total. The molecule has 0 heterocycles. The Labute approximate surface area is 315 Å². The summed E-state index contributed by atoms with van der Waals surface area (Å²) < 4.78 is 122. The molecule has 0 fully saturated rings. The highest BCUT2D eigenvalue weighted by Crippen LogP contribution is 2.40. The van der Waals surface area contributed by atoms with E-state index in [9.17, 15) is 47.6 Å². The van der Waals surface area contributed by atoms with Gasteiger partial charge in [-0.1, -0.05) is 42.5 Å². The topological polar surface area (TPSA) is 260 Å². The van der Waals surface area contributed by atoms with Crippen LogP contribution >= 0.6 is 11.6 Å². The molecule has 1 atom stereocenters. The van der Waals surface area contributed by atoms with Crippen LogP contribution in [0.4, 0.5) is 28.4 Å². The van der Waals surface area contributed by atoms with Gasteiger partial charge >= 0.3 is 0 Å². The summed E-state index contributed by atoms with van der Waals surface area (Å²) in [6.45, 7) is 1.50. The van der Waals surface area contributed by atoms with E-state index in [1.165, 1.54) is 48.5 Å². The van der Waals surface area contributed by atoms with Gasteiger partial charge in [0.25, 0.3) is 30.3 Å². The second kappa shape index (κ2) is 15.4. The van der Waals surface area contributed by atoms with Crippen LogP contribution in [-0.2, 0) is 44.9 Å². The molecule has 0 aliphatic rings. The molecule has 0 saturated carbocycles. The minimum atomic E-state index is -5.07. The highest BCUT2D eigenvalue weighted by Gasteiger charge is 2.30. The van der Waals surface area contributed by atoms with Crippen LogP contribution in [0, 0.1) is 0 Å². The van der Waals surface area contributed by atoms with Crippen LogP contribution in [0.1, 0.15) is 13.3 Å². The fourth-order valence-electron chi connectivity index (χ4n) is 5.27. The fraction of sp³-hybridized carbons (Fsp3) is 0.121. The molecule has 16 nitrogen and oxygen atoms in total. The first-order chi connectivity index (χ1) is 25.2. The zero-order valence-corrected chi connectivity index (χ0v) is 31.8. The summed E-state index contributed by atoms with van der Waals surface area (Å²) in [5, 5.41) is 10.0. The van der Waals surface area contributed by atoms with Gasteiger partial charge in [-0.05, 0) is 67.6 Å². The van der Waals surface area contributed by atoms with Gasteiger partial charge in [-0.3, -0.25) is 18.2 Å². The molecule has 0 aromatic heterocycles. The number of rotatable bonds is 13. The molecule has 284 valence electrons. The summed E-state index contributed by atoms with van der Waals surface area (Å²) in [6, 6.07) is 22.4. The van der Waals surface area contributed by atoms with Crippen molar-refractivity contribution in [3.8, 4) is 0 Å². The summed E-state index contributed by atoms with van der Waals surface area (Å²) >= 11 is 6.16. The number of sulfonamides is 1. The number of alkyl halides is 1. The number of carbonyl (C=O) groups excluding carboxylic acids is 1. The van der Waals surface area contributed by atoms with Gasteiger partial charge in [0.15, 0.2) is 9.84 Å². The highest BCUT2D eigenvalue weighted by molar-refractivity contribution is 7.93. The van der Waals surface area contributed by atoms with Crippen LogP contribution in [0.2, 0.25) is 0 Å². The number of benzene rings is 5. The summed E-state index contributed by atoms with van der Waals surface area (Å²) in [5.74, 6) is -0.865. The van der Waals surface area contributed by atoms with Crippen molar-refractivity contribution < 1.29 is 47.6 Å². The molecule has 1 unspecified atom stereocenters. The Morgan fingerprint density at radius 3 is 1.98 bits per heavy atom. The summed E-state index contributed by atoms with van der Waals surface area (Å²) in [7, 11) is -18.8. The number of carbonyl (C=O) groups is 1. The van der Waals surface area contributed by atoms with E-state index in [0.29, 0.717) is 6.07 Å². The lowest BCUT2D eigenvalue weighted by Gasteiger charge is -2.24. The number of fused-ring (bicyclic) bond motifs is 1. The molecule has 1 amide bonds. The van der Waals surface area contributed by atoms with E-state index in [1.807, 2.05) is 0 Å². The number of anilines is 3. The van der Waals surface area contributed by atoms with Gasteiger partial charge in [0.05, 0.1) is 27.6 Å². The minimum absolute atomic E-state index is 0.0715. The molecule has 0 aliphatic carbocycles. The molecular weight excluding hydrogens is 806 g/mol. The van der Waals surface area contributed by atoms with Crippen molar-refractivity contribution in [2.45, 2.75) is 37.6 Å². The van der Waals surface area contributed by atoms with Gasteiger partial charge in [-0.25, -0.2) is 16.8 Å². The van der Waals surface area contributed by atoms with Crippen LogP contribution in [0.5, 0.6) is 0 Å². The van der Waals surface area contributed by atoms with Crippen molar-refractivity contribution in [2.75, 3.05) is 21.9 Å². The molecule has 21 heteroatoms. The number of para-hydroxylation sites is 1. The largest absolute Gasteiger partial charge is 0.397 e. The fourth-order valence-corrected chi connectivity index (χ4v) is 9.88. The molecule has 5 rings (SSSR count). The third-order valence-corrected chi connectivity index (χ3v) is 14.1. The third-order valence-electron chi connectivity index (χ3n) is 7.80. The van der Waals surface area contributed by atoms with E-state index >= 15 is 0 Å². The van der Waals surface area contributed by atoms with Crippen LogP contribution < -0.4 is 15.4 Å². The summed E-state index contributed by atoms with van der Waals surface area (Å²) in [4.78, 5) is 10.6. The quantitative estimate of drug-likeness (QED) is 0.0467. The smallest absolute Gasteiger partial charge is 0.295 e. The lowest BCUT2D eigenvalue weighted by Crippen LogP contribution is -2.31. The van der Waals surface area contributed by atoms with E-state index in [0.717, 1.165) is 28.6 Å². The SMILES string of the molecule is CCN(c1ccccc1)S(=O)(=O)c1cc(NC(=O)CC(Cl)S(=O)(=O)c2ccccc2)ccc1N=Nc1c(N)ccc2c(S(=O)(=O)O)cc(S(=O)(=O)O)cc12. The second-order valence-corrected chi connectivity index (χ2v) is 18.9. The maximum atomic E-state index is 14.3. The van der Waals surface area contributed by atoms with Crippen LogP contribution in [-0.4, -0.2) is 59.9 Å². The Kier molecular flexibility index (Phi) is 11.5. The standard InChI is InChI=1S/C33H30ClN5O11S4/c1-2-39(22-9-5-3-6-10-22)52(43,44)30-17-21(36-32(40)20-31(34)51(41,42)23-11-7-4-8-12-23)13-16-28(30)37-38-33-26-18-24(53(45,46)47)19-29(54(48,49)50)25(26)14-15-27(33)35/h3-19,31H,2,20,35H2,1H3,(H,36,40)(H,45,46,47)(H,48,49,50). The maximum Gasteiger partial charge on any atom is 0.295 e. The first-order valence-electron chi connectivity index (χ1n) is 15.4. The number of nitrogen functional groups attached to an aromatic ring is 1. The number of amides is 1. The van der Waals surface area contributed by atoms with E-state index < -0.39 is 71.8 Å². The van der Waals surface area contributed by atoms with E-state index in [4.69, 9.17) is 17.3 Å². The molecule has 5 aromatic carbocycles. The Morgan fingerprint density at radius 1 is 0.759 bits per heavy atom. The van der Waals surface area contributed by atoms with Crippen molar-refractivity contribution >= 4 is 96.8 Å². The molecule has 0 radical (unpaired) electrons. The number of hydrogen-bond acceptors (Lipinski definition) is 12. The number of nitrogens with zero attached hydrogens (tertiary/aromatic N) is 3. The zero-order valence-electron chi connectivity index (χ0n) is 27.8. The zero-order chi connectivity index (χ0) is 39.6. The lowest BCUT2D eigenvalue weighted by atomic mass is 10.1. The Hall–Kier alpha value is -4.96. The molecular formula is C33H30ClN5O11S4. The predicted octanol–water partition coefficient (Wildman–Crippen LogP) is 5.91. The van der Waals surface area contributed by atoms with Crippen LogP contribution in [0.3, 0.4) is 0 Å². The third kappa shape index (κ3) is 8.54. The first-order valence-corrected chi connectivity index (χ1v) is 21.7. The maximum absolute atomic E-state index is 14.3. The monoisotopic (exact) mass is 835 g/mol. The lowest BCUT2D eigenvalue weighted by molar-refractivity contribution is -0.116. The summed E-state index contributed by atoms with van der Waals surface area (Å²) in [6.07, 6.45) is -0.703. The Morgan fingerprint density at radius 2 is 1.39 bits per heavy atom. The van der Waals surface area contributed by atoms with E-state index in [2.05, 4.69) is 15.5 Å². The van der Waals surface area contributed by atoms with E-state index in [-0.39, 0.29) is 50.6 Å². The summed E-state index contributed by atoms with van der Waals surface area (Å²) in [5.41, 5.74) is 5.42. The van der Waals surface area contributed by atoms with Crippen molar-refractivity contribution in [3.63, 3.8) is 0 Å². The number of hydrogen-bond donors (Lipinski definition) is 4. The number of azo groups is 1. The van der Waals surface area contributed by atoms with Gasteiger partial charge in [0, 0.05) is 23.0 Å². The van der Waals surface area contributed by atoms with Crippen molar-refractivity contribution in [2.24, 2.45) is 10.2 Å². The van der Waals surface area contributed by atoms with E-state index in [1.54, 1.807) is 31.2 Å². The molecule has 5 aromatic rings. The number of nitrogens with one attached hydrogen (secondary N) is 1. The first kappa shape index (κ1) is 40.2. The second-order valence-electron chi connectivity index (χ2n) is 11.4. The van der Waals surface area contributed by atoms with Crippen molar-refractivity contribution in [1.82, 2.24) is 0 Å². The number of sulfone groups is 1. The van der Waals surface area contributed by atoms with Gasteiger partial charge in [0.1, 0.15) is 25.9 Å². The average molecular weight is 836 g/mol. The van der Waals surface area contributed by atoms with Gasteiger partial charge in [0.2, 0.25) is 5.91 Å². The van der Waals surface area contributed by atoms with Gasteiger partial charge in [-0.2, -0.15) is 16.8 Å². The van der Waals surface area contributed by atoms with Crippen LogP contribution in [0.25, 0.3) is 10.8 Å². The Bertz CT molecular complexity index is 2740. The minimum Gasteiger partial charge on any atom is -0.397 e. The molecule has 0 saturated heterocycles. The van der Waals surface area contributed by atoms with Crippen molar-refractivity contribution in [3.05, 3.63) is 103 Å². The molecule has 0 spiro atoms.